The Labute approximate surface area is 184 Å². The number of hydrogen-bond acceptors (Lipinski definition) is 6. The first-order valence-corrected chi connectivity index (χ1v) is 12.2. The minimum atomic E-state index is -3.10. The molecule has 1 heterocycles. The molecule has 0 amide bonds. The number of fused-ring (bicyclic) bond motifs is 1. The molecule has 2 aromatic rings. The molecule has 2 aromatic carbocycles. The highest BCUT2D eigenvalue weighted by Crippen LogP contribution is 2.24. The summed E-state index contributed by atoms with van der Waals surface area (Å²) in [6.45, 7) is 1.31. The summed E-state index contributed by atoms with van der Waals surface area (Å²) >= 11 is 0. The van der Waals surface area contributed by atoms with Crippen molar-refractivity contribution in [2.75, 3.05) is 33.4 Å². The summed E-state index contributed by atoms with van der Waals surface area (Å²) in [5, 5.41) is 2.06. The molecule has 0 unspecified atom stereocenters. The standard InChI is InChI=1S/C23H29N3O4S/c1-25(15-8-4-5-9-16-26(2)31(3,28)29)17-21-23(27)30-22(24-21)20-14-10-12-18-11-6-7-13-19(18)20/h6-7,10-14,17H,4-5,8-9,15-16H2,1-3H3/b21-17+. The van der Waals surface area contributed by atoms with Gasteiger partial charge in [0.05, 0.1) is 6.26 Å². The van der Waals surface area contributed by atoms with Crippen molar-refractivity contribution < 1.29 is 17.9 Å². The minimum absolute atomic E-state index is 0.292. The number of esters is 1. The van der Waals surface area contributed by atoms with E-state index in [9.17, 15) is 13.2 Å². The van der Waals surface area contributed by atoms with Gasteiger partial charge < -0.3 is 9.64 Å². The molecule has 0 aromatic heterocycles. The Kier molecular flexibility index (Phi) is 7.46. The molecule has 0 aliphatic carbocycles. The number of aliphatic imine (C=N–C) groups is 1. The third-order valence-electron chi connectivity index (χ3n) is 5.28. The van der Waals surface area contributed by atoms with Crippen molar-refractivity contribution in [3.8, 4) is 0 Å². The van der Waals surface area contributed by atoms with Crippen molar-refractivity contribution in [3.05, 3.63) is 59.9 Å². The molecular formula is C23H29N3O4S. The first-order valence-electron chi connectivity index (χ1n) is 10.4. The van der Waals surface area contributed by atoms with Gasteiger partial charge in [0.2, 0.25) is 15.9 Å². The Bertz CT molecular complexity index is 1100. The summed E-state index contributed by atoms with van der Waals surface area (Å²) in [5.74, 6) is -0.116. The normalized spacial score (nSPS) is 15.5. The highest BCUT2D eigenvalue weighted by molar-refractivity contribution is 7.88. The monoisotopic (exact) mass is 443 g/mol. The average molecular weight is 444 g/mol. The van der Waals surface area contributed by atoms with Gasteiger partial charge in [0.15, 0.2) is 5.70 Å². The molecule has 0 spiro atoms. The fourth-order valence-corrected chi connectivity index (χ4v) is 3.88. The summed E-state index contributed by atoms with van der Waals surface area (Å²) in [6, 6.07) is 13.8. The largest absolute Gasteiger partial charge is 0.402 e. The van der Waals surface area contributed by atoms with Crippen LogP contribution in [0.5, 0.6) is 0 Å². The highest BCUT2D eigenvalue weighted by atomic mass is 32.2. The van der Waals surface area contributed by atoms with Crippen LogP contribution < -0.4 is 0 Å². The van der Waals surface area contributed by atoms with Gasteiger partial charge in [-0.1, -0.05) is 49.2 Å². The maximum absolute atomic E-state index is 12.3. The number of sulfonamides is 1. The minimum Gasteiger partial charge on any atom is -0.402 e. The van der Waals surface area contributed by atoms with Crippen molar-refractivity contribution in [3.63, 3.8) is 0 Å². The molecule has 1 aliphatic rings. The second-order valence-corrected chi connectivity index (χ2v) is 9.92. The Morgan fingerprint density at radius 1 is 0.968 bits per heavy atom. The number of ether oxygens (including phenoxy) is 1. The second kappa shape index (κ2) is 10.1. The fourth-order valence-electron chi connectivity index (χ4n) is 3.41. The molecule has 0 atom stereocenters. The lowest BCUT2D eigenvalue weighted by atomic mass is 10.0. The lowest BCUT2D eigenvalue weighted by Crippen LogP contribution is -2.26. The van der Waals surface area contributed by atoms with E-state index < -0.39 is 16.0 Å². The van der Waals surface area contributed by atoms with E-state index in [1.54, 1.807) is 13.2 Å². The quantitative estimate of drug-likeness (QED) is 0.320. The summed E-state index contributed by atoms with van der Waals surface area (Å²) < 4.78 is 29.6. The van der Waals surface area contributed by atoms with Crippen LogP contribution in [0.2, 0.25) is 0 Å². The van der Waals surface area contributed by atoms with E-state index in [0.717, 1.165) is 48.6 Å². The van der Waals surface area contributed by atoms with E-state index >= 15 is 0 Å². The zero-order valence-corrected chi connectivity index (χ0v) is 19.1. The third kappa shape index (κ3) is 6.15. The zero-order chi connectivity index (χ0) is 22.4. The van der Waals surface area contributed by atoms with Crippen molar-refractivity contribution in [2.45, 2.75) is 25.7 Å². The summed E-state index contributed by atoms with van der Waals surface area (Å²) in [4.78, 5) is 18.7. The van der Waals surface area contributed by atoms with Crippen LogP contribution >= 0.6 is 0 Å². The summed E-state index contributed by atoms with van der Waals surface area (Å²) in [7, 11) is 0.403. The predicted molar refractivity (Wildman–Crippen MR) is 123 cm³/mol. The molecule has 0 N–H and O–H groups in total. The van der Waals surface area contributed by atoms with Gasteiger partial charge in [-0.05, 0) is 29.7 Å². The number of unbranched alkanes of at least 4 members (excludes halogenated alkanes) is 3. The maximum atomic E-state index is 12.3. The van der Waals surface area contributed by atoms with Gasteiger partial charge in [-0.3, -0.25) is 0 Å². The fraction of sp³-hybridized carbons (Fsp3) is 0.391. The van der Waals surface area contributed by atoms with Crippen LogP contribution in [0.15, 0.2) is 59.4 Å². The van der Waals surface area contributed by atoms with Crippen LogP contribution in [0.1, 0.15) is 31.2 Å². The van der Waals surface area contributed by atoms with Crippen molar-refractivity contribution in [2.24, 2.45) is 4.99 Å². The lowest BCUT2D eigenvalue weighted by molar-refractivity contribution is -0.130. The number of benzene rings is 2. The first kappa shape index (κ1) is 23.0. The number of carbonyl (C=O) groups is 1. The van der Waals surface area contributed by atoms with Gasteiger partial charge in [0, 0.05) is 38.9 Å². The van der Waals surface area contributed by atoms with Crippen LogP contribution in [0.3, 0.4) is 0 Å². The van der Waals surface area contributed by atoms with E-state index in [4.69, 9.17) is 4.74 Å². The van der Waals surface area contributed by atoms with Crippen molar-refractivity contribution in [1.29, 1.82) is 0 Å². The summed E-state index contributed by atoms with van der Waals surface area (Å²) in [5.41, 5.74) is 1.09. The molecular weight excluding hydrogens is 414 g/mol. The molecule has 0 radical (unpaired) electrons. The van der Waals surface area contributed by atoms with E-state index in [-0.39, 0.29) is 0 Å². The number of carbonyl (C=O) groups excluding carboxylic acids is 1. The topological polar surface area (TPSA) is 79.3 Å². The average Bonchev–Trinajstić information content (AvgIpc) is 3.09. The molecule has 166 valence electrons. The lowest BCUT2D eigenvalue weighted by Gasteiger charge is -2.15. The van der Waals surface area contributed by atoms with E-state index in [1.165, 1.54) is 10.6 Å². The third-order valence-corrected chi connectivity index (χ3v) is 6.60. The van der Waals surface area contributed by atoms with Crippen molar-refractivity contribution >= 4 is 32.7 Å². The molecule has 7 nitrogen and oxygen atoms in total. The van der Waals surface area contributed by atoms with Gasteiger partial charge in [-0.25, -0.2) is 22.5 Å². The highest BCUT2D eigenvalue weighted by Gasteiger charge is 2.25. The first-order chi connectivity index (χ1) is 14.8. The number of nitrogens with zero attached hydrogens (tertiary/aromatic N) is 3. The van der Waals surface area contributed by atoms with Crippen LogP contribution in [0.25, 0.3) is 10.8 Å². The molecule has 0 saturated heterocycles. The molecule has 1 aliphatic heterocycles. The summed E-state index contributed by atoms with van der Waals surface area (Å²) in [6.07, 6.45) is 6.66. The zero-order valence-electron chi connectivity index (χ0n) is 18.2. The van der Waals surface area contributed by atoms with E-state index in [0.29, 0.717) is 18.1 Å². The Hall–Kier alpha value is -2.71. The van der Waals surface area contributed by atoms with Crippen LogP contribution in [-0.2, 0) is 19.6 Å². The number of rotatable bonds is 10. The molecule has 3 rings (SSSR count). The van der Waals surface area contributed by atoms with Crippen LogP contribution in [-0.4, -0.2) is 62.9 Å². The second-order valence-electron chi connectivity index (χ2n) is 7.83. The number of hydrogen-bond donors (Lipinski definition) is 0. The predicted octanol–water partition coefficient (Wildman–Crippen LogP) is 3.37. The SMILES string of the molecule is CN(/C=C1/N=C(c2cccc3ccccc23)OC1=O)CCCCCCN(C)S(C)(=O)=O. The van der Waals surface area contributed by atoms with Crippen molar-refractivity contribution in [1.82, 2.24) is 9.21 Å². The molecule has 31 heavy (non-hydrogen) atoms. The van der Waals surface area contributed by atoms with Gasteiger partial charge in [-0.15, -0.1) is 0 Å². The maximum Gasteiger partial charge on any atom is 0.365 e. The molecule has 0 fully saturated rings. The van der Waals surface area contributed by atoms with Gasteiger partial charge in [-0.2, -0.15) is 0 Å². The van der Waals surface area contributed by atoms with Gasteiger partial charge >= 0.3 is 5.97 Å². The molecule has 0 saturated carbocycles. The number of cyclic esters (lactones) is 1. The smallest absolute Gasteiger partial charge is 0.365 e. The Morgan fingerprint density at radius 3 is 2.39 bits per heavy atom. The molecule has 8 heteroatoms. The van der Waals surface area contributed by atoms with E-state index in [1.807, 2.05) is 54.4 Å². The Morgan fingerprint density at radius 2 is 1.65 bits per heavy atom. The van der Waals surface area contributed by atoms with Crippen LogP contribution in [0.4, 0.5) is 0 Å². The van der Waals surface area contributed by atoms with Gasteiger partial charge in [0.1, 0.15) is 0 Å². The van der Waals surface area contributed by atoms with E-state index in [2.05, 4.69) is 4.99 Å². The molecule has 0 bridgehead atoms. The van der Waals surface area contributed by atoms with Gasteiger partial charge in [0.25, 0.3) is 0 Å². The Balaban J connectivity index is 1.53. The van der Waals surface area contributed by atoms with Crippen LogP contribution in [0, 0.1) is 0 Å².